The summed E-state index contributed by atoms with van der Waals surface area (Å²) in [5.41, 5.74) is 2.75. The van der Waals surface area contributed by atoms with Gasteiger partial charge in [0.2, 0.25) is 5.95 Å². The van der Waals surface area contributed by atoms with Gasteiger partial charge in [0.1, 0.15) is 5.82 Å². The largest absolute Gasteiger partial charge is 0.352 e. The second-order valence-corrected chi connectivity index (χ2v) is 5.06. The molecule has 96 valence electrons. The highest BCUT2D eigenvalue weighted by molar-refractivity contribution is 9.10. The van der Waals surface area contributed by atoms with Gasteiger partial charge in [0.05, 0.1) is 15.5 Å². The SMILES string of the molecule is Fc1cc(CNc2nc3ccccc3[nH]2)ccc1Br. The van der Waals surface area contributed by atoms with Gasteiger partial charge in [0.25, 0.3) is 0 Å². The van der Waals surface area contributed by atoms with Crippen LogP contribution in [-0.2, 0) is 6.54 Å². The molecule has 0 fully saturated rings. The summed E-state index contributed by atoms with van der Waals surface area (Å²) in [6, 6.07) is 12.9. The van der Waals surface area contributed by atoms with Gasteiger partial charge in [-0.25, -0.2) is 9.37 Å². The molecule has 0 unspecified atom stereocenters. The molecule has 0 saturated carbocycles. The van der Waals surface area contributed by atoms with E-state index in [1.807, 2.05) is 30.3 Å². The normalized spacial score (nSPS) is 10.8. The number of halogens is 2. The number of hydrogen-bond acceptors (Lipinski definition) is 2. The van der Waals surface area contributed by atoms with E-state index < -0.39 is 0 Å². The fourth-order valence-electron chi connectivity index (χ4n) is 1.87. The van der Waals surface area contributed by atoms with Crippen LogP contribution in [0.15, 0.2) is 46.9 Å². The number of fused-ring (bicyclic) bond motifs is 1. The van der Waals surface area contributed by atoms with E-state index in [1.165, 1.54) is 6.07 Å². The van der Waals surface area contributed by atoms with Crippen molar-refractivity contribution in [2.45, 2.75) is 6.54 Å². The molecule has 0 radical (unpaired) electrons. The van der Waals surface area contributed by atoms with Crippen molar-refractivity contribution < 1.29 is 4.39 Å². The summed E-state index contributed by atoms with van der Waals surface area (Å²) in [6.07, 6.45) is 0. The number of para-hydroxylation sites is 2. The van der Waals surface area contributed by atoms with Crippen LogP contribution in [0.3, 0.4) is 0 Å². The fraction of sp³-hybridized carbons (Fsp3) is 0.0714. The second-order valence-electron chi connectivity index (χ2n) is 4.20. The standard InChI is InChI=1S/C14H11BrFN3/c15-10-6-5-9(7-11(10)16)8-17-14-18-12-3-1-2-4-13(12)19-14/h1-7H,8H2,(H2,17,18,19). The lowest BCUT2D eigenvalue weighted by atomic mass is 10.2. The van der Waals surface area contributed by atoms with Crippen molar-refractivity contribution in [3.63, 3.8) is 0 Å². The average Bonchev–Trinajstić information content (AvgIpc) is 2.83. The van der Waals surface area contributed by atoms with Crippen molar-refractivity contribution >= 4 is 32.9 Å². The first-order chi connectivity index (χ1) is 9.22. The first-order valence-electron chi connectivity index (χ1n) is 5.85. The first-order valence-corrected chi connectivity index (χ1v) is 6.64. The van der Waals surface area contributed by atoms with Crippen molar-refractivity contribution in [3.8, 4) is 0 Å². The predicted molar refractivity (Wildman–Crippen MR) is 77.5 cm³/mol. The zero-order chi connectivity index (χ0) is 13.2. The number of aromatic amines is 1. The molecule has 0 spiro atoms. The highest BCUT2D eigenvalue weighted by Gasteiger charge is 2.03. The Morgan fingerprint density at radius 3 is 2.84 bits per heavy atom. The number of H-pyrrole nitrogens is 1. The van der Waals surface area contributed by atoms with Gasteiger partial charge in [-0.15, -0.1) is 0 Å². The van der Waals surface area contributed by atoms with Gasteiger partial charge in [-0.3, -0.25) is 0 Å². The van der Waals surface area contributed by atoms with E-state index in [2.05, 4.69) is 31.2 Å². The van der Waals surface area contributed by atoms with E-state index in [9.17, 15) is 4.39 Å². The van der Waals surface area contributed by atoms with Crippen LogP contribution in [0.4, 0.5) is 10.3 Å². The zero-order valence-electron chi connectivity index (χ0n) is 9.95. The van der Waals surface area contributed by atoms with Gasteiger partial charge in [-0.05, 0) is 45.8 Å². The molecule has 1 aromatic heterocycles. The van der Waals surface area contributed by atoms with E-state index in [4.69, 9.17) is 0 Å². The molecule has 3 nitrogen and oxygen atoms in total. The van der Waals surface area contributed by atoms with Gasteiger partial charge in [0, 0.05) is 6.54 Å². The lowest BCUT2D eigenvalue weighted by Crippen LogP contribution is -2.01. The number of aromatic nitrogens is 2. The third kappa shape index (κ3) is 2.61. The molecule has 0 aliphatic rings. The summed E-state index contributed by atoms with van der Waals surface area (Å²) >= 11 is 3.13. The Balaban J connectivity index is 1.76. The molecular weight excluding hydrogens is 309 g/mol. The smallest absolute Gasteiger partial charge is 0.201 e. The Morgan fingerprint density at radius 1 is 1.21 bits per heavy atom. The van der Waals surface area contributed by atoms with E-state index in [0.29, 0.717) is 17.0 Å². The van der Waals surface area contributed by atoms with Gasteiger partial charge >= 0.3 is 0 Å². The fourth-order valence-corrected chi connectivity index (χ4v) is 2.12. The van der Waals surface area contributed by atoms with Gasteiger partial charge in [-0.1, -0.05) is 18.2 Å². The minimum absolute atomic E-state index is 0.260. The number of benzene rings is 2. The van der Waals surface area contributed by atoms with E-state index in [1.54, 1.807) is 6.07 Å². The predicted octanol–water partition coefficient (Wildman–Crippen LogP) is 4.08. The van der Waals surface area contributed by atoms with Gasteiger partial charge in [-0.2, -0.15) is 0 Å². The van der Waals surface area contributed by atoms with Crippen LogP contribution in [-0.4, -0.2) is 9.97 Å². The second kappa shape index (κ2) is 5.01. The van der Waals surface area contributed by atoms with Crippen LogP contribution in [0.25, 0.3) is 11.0 Å². The maximum absolute atomic E-state index is 13.4. The maximum Gasteiger partial charge on any atom is 0.201 e. The summed E-state index contributed by atoms with van der Waals surface area (Å²) < 4.78 is 13.8. The highest BCUT2D eigenvalue weighted by Crippen LogP contribution is 2.18. The van der Waals surface area contributed by atoms with Crippen molar-refractivity contribution in [1.29, 1.82) is 0 Å². The summed E-state index contributed by atoms with van der Waals surface area (Å²) in [6.45, 7) is 0.518. The molecule has 1 heterocycles. The molecule has 2 aromatic carbocycles. The van der Waals surface area contributed by atoms with Crippen LogP contribution in [0.2, 0.25) is 0 Å². The molecule has 0 aliphatic heterocycles. The molecule has 2 N–H and O–H groups in total. The number of nitrogens with one attached hydrogen (secondary N) is 2. The minimum Gasteiger partial charge on any atom is -0.352 e. The maximum atomic E-state index is 13.4. The monoisotopic (exact) mass is 319 g/mol. The van der Waals surface area contributed by atoms with Crippen molar-refractivity contribution in [2.75, 3.05) is 5.32 Å². The number of nitrogens with zero attached hydrogens (tertiary/aromatic N) is 1. The van der Waals surface area contributed by atoms with Crippen molar-refractivity contribution in [2.24, 2.45) is 0 Å². The molecular formula is C14H11BrFN3. The third-order valence-electron chi connectivity index (χ3n) is 2.83. The average molecular weight is 320 g/mol. The third-order valence-corrected chi connectivity index (χ3v) is 3.48. The first kappa shape index (κ1) is 12.2. The summed E-state index contributed by atoms with van der Waals surface area (Å²) in [5, 5.41) is 3.15. The van der Waals surface area contributed by atoms with Crippen LogP contribution < -0.4 is 5.32 Å². The number of hydrogen-bond donors (Lipinski definition) is 2. The lowest BCUT2D eigenvalue weighted by molar-refractivity contribution is 0.619. The van der Waals surface area contributed by atoms with Crippen LogP contribution >= 0.6 is 15.9 Å². The Labute approximate surface area is 118 Å². The van der Waals surface area contributed by atoms with Crippen molar-refractivity contribution in [1.82, 2.24) is 9.97 Å². The highest BCUT2D eigenvalue weighted by atomic mass is 79.9. The molecule has 0 saturated heterocycles. The zero-order valence-corrected chi connectivity index (χ0v) is 11.5. The van der Waals surface area contributed by atoms with E-state index >= 15 is 0 Å². The van der Waals surface area contributed by atoms with E-state index in [-0.39, 0.29) is 5.82 Å². The number of anilines is 1. The van der Waals surface area contributed by atoms with Gasteiger partial charge < -0.3 is 10.3 Å². The molecule has 19 heavy (non-hydrogen) atoms. The molecule has 5 heteroatoms. The van der Waals surface area contributed by atoms with Crippen LogP contribution in [0, 0.1) is 5.82 Å². The molecule has 0 aliphatic carbocycles. The van der Waals surface area contributed by atoms with Crippen molar-refractivity contribution in [3.05, 3.63) is 58.3 Å². The molecule has 0 atom stereocenters. The van der Waals surface area contributed by atoms with E-state index in [0.717, 1.165) is 16.6 Å². The molecule has 0 bridgehead atoms. The lowest BCUT2D eigenvalue weighted by Gasteiger charge is -2.04. The summed E-state index contributed by atoms with van der Waals surface area (Å²) in [7, 11) is 0. The molecule has 3 rings (SSSR count). The summed E-state index contributed by atoms with van der Waals surface area (Å²) in [4.78, 5) is 7.56. The van der Waals surface area contributed by atoms with Gasteiger partial charge in [0.15, 0.2) is 0 Å². The Kier molecular flexibility index (Phi) is 3.21. The summed E-state index contributed by atoms with van der Waals surface area (Å²) in [5.74, 6) is 0.424. The Hall–Kier alpha value is -1.88. The number of imidazole rings is 1. The topological polar surface area (TPSA) is 40.7 Å². The number of rotatable bonds is 3. The Bertz CT molecular complexity index is 691. The van der Waals surface area contributed by atoms with Crippen LogP contribution in [0.5, 0.6) is 0 Å². The van der Waals surface area contributed by atoms with Crippen LogP contribution in [0.1, 0.15) is 5.56 Å². The quantitative estimate of drug-likeness (QED) is 0.763. The Morgan fingerprint density at radius 2 is 2.05 bits per heavy atom. The molecule has 0 amide bonds. The molecule has 3 aromatic rings. The minimum atomic E-state index is -0.260.